The highest BCUT2D eigenvalue weighted by Crippen LogP contribution is 2.62. The van der Waals surface area contributed by atoms with Gasteiger partial charge in [-0.05, 0) is 6.92 Å². The van der Waals surface area contributed by atoms with Crippen LogP contribution in [-0.2, 0) is 0 Å². The molecule has 0 saturated heterocycles. The van der Waals surface area contributed by atoms with Gasteiger partial charge in [0, 0.05) is 13.6 Å². The molecule has 0 radical (unpaired) electrons. The third-order valence-electron chi connectivity index (χ3n) is 6.69. The van der Waals surface area contributed by atoms with Crippen molar-refractivity contribution in [3.05, 3.63) is 0 Å². The predicted octanol–water partition coefficient (Wildman–Crippen LogP) is 9.34. The van der Waals surface area contributed by atoms with Gasteiger partial charge in [0.25, 0.3) is 0 Å². The zero-order chi connectivity index (χ0) is 43.4. The summed E-state index contributed by atoms with van der Waals surface area (Å²) in [5, 5.41) is 0. The summed E-state index contributed by atoms with van der Waals surface area (Å²) in [6, 6.07) is -3.21. The van der Waals surface area contributed by atoms with Crippen LogP contribution in [0.15, 0.2) is 0 Å². The predicted molar refractivity (Wildman–Crippen MR) is 121 cm³/mol. The molecule has 0 amide bonds. The molecule has 318 valence electrons. The number of hydrogen-bond acceptors (Lipinski definition) is 6. The zero-order valence-electron chi connectivity index (χ0n) is 25.5. The van der Waals surface area contributed by atoms with E-state index in [0.29, 0.717) is 0 Å². The Labute approximate surface area is 280 Å². The summed E-state index contributed by atoms with van der Waals surface area (Å²) < 4.78 is 353. The first-order valence-electron chi connectivity index (χ1n) is 13.1. The third-order valence-corrected chi connectivity index (χ3v) is 6.69. The highest BCUT2D eigenvalue weighted by molar-refractivity contribution is 5.30. The number of aromatic nitrogens is 3. The van der Waals surface area contributed by atoms with Crippen LogP contribution in [0.1, 0.15) is 19.8 Å². The second-order valence-electron chi connectivity index (χ2n) is 10.4. The van der Waals surface area contributed by atoms with Crippen molar-refractivity contribution in [1.82, 2.24) is 15.0 Å². The smallest absolute Gasteiger partial charge is 0.460 e. The van der Waals surface area contributed by atoms with Gasteiger partial charge in [0.2, 0.25) is 5.95 Å². The van der Waals surface area contributed by atoms with E-state index >= 15 is 0 Å². The van der Waals surface area contributed by atoms with E-state index in [4.69, 9.17) is 0 Å². The molecule has 0 N–H and O–H groups in total. The number of ether oxygens (including phenoxy) is 2. The first-order chi connectivity index (χ1) is 23.5. The molecule has 0 aliphatic carbocycles. The molecular formula is C22H16F26N4O2. The van der Waals surface area contributed by atoms with Gasteiger partial charge in [-0.2, -0.15) is 124 Å². The van der Waals surface area contributed by atoms with Crippen molar-refractivity contribution in [3.8, 4) is 12.0 Å². The van der Waals surface area contributed by atoms with E-state index in [2.05, 4.69) is 24.4 Å². The first kappa shape index (κ1) is 48.6. The third kappa shape index (κ3) is 7.82. The van der Waals surface area contributed by atoms with Crippen LogP contribution in [-0.4, -0.2) is 113 Å². The lowest BCUT2D eigenvalue weighted by Crippen LogP contribution is -2.70. The summed E-state index contributed by atoms with van der Waals surface area (Å²) in [4.78, 5) is 10.0. The van der Waals surface area contributed by atoms with Crippen molar-refractivity contribution in [2.75, 3.05) is 31.7 Å². The second-order valence-corrected chi connectivity index (χ2v) is 10.4. The monoisotopic (exact) mass is 862 g/mol. The van der Waals surface area contributed by atoms with Crippen LogP contribution in [0.4, 0.5) is 120 Å². The van der Waals surface area contributed by atoms with Crippen molar-refractivity contribution >= 4 is 5.95 Å². The lowest BCUT2D eigenvalue weighted by atomic mass is 9.93. The molecular weight excluding hydrogens is 846 g/mol. The zero-order valence-corrected chi connectivity index (χ0v) is 25.5. The minimum atomic E-state index is -8.24. The Balaban J connectivity index is 3.33. The standard InChI is InChI=1S/C22H16F26N4O2/c1-3-52(2)8-49-9(53-6-4-11(23,24)13(27,28)15(31,32)17(35,36)19(39,40)21(43,44)45)51-10(50-8)54-7-5-12(25,26)14(29,30)16(33,34)18(37,38)20(41,42)22(46,47)48/h3-7H2,1-2H3. The molecule has 1 heterocycles. The van der Waals surface area contributed by atoms with Crippen LogP contribution in [0.5, 0.6) is 12.0 Å². The van der Waals surface area contributed by atoms with E-state index < -0.39 is 116 Å². The molecule has 6 nitrogen and oxygen atoms in total. The molecule has 0 saturated carbocycles. The van der Waals surface area contributed by atoms with E-state index in [0.717, 1.165) is 11.9 Å². The van der Waals surface area contributed by atoms with Crippen LogP contribution in [0.3, 0.4) is 0 Å². The highest BCUT2D eigenvalue weighted by Gasteiger charge is 2.92. The molecule has 1 aromatic rings. The highest BCUT2D eigenvalue weighted by atomic mass is 19.4. The van der Waals surface area contributed by atoms with Crippen LogP contribution < -0.4 is 14.4 Å². The average molecular weight is 862 g/mol. The molecule has 0 spiro atoms. The average Bonchev–Trinajstić information content (AvgIpc) is 2.98. The number of hydrogen-bond donors (Lipinski definition) is 0. The van der Waals surface area contributed by atoms with Gasteiger partial charge in [-0.3, -0.25) is 0 Å². The molecule has 54 heavy (non-hydrogen) atoms. The van der Waals surface area contributed by atoms with Gasteiger partial charge in [0.15, 0.2) is 0 Å². The Morgan fingerprint density at radius 2 is 0.667 bits per heavy atom. The van der Waals surface area contributed by atoms with Crippen molar-refractivity contribution in [2.45, 2.75) is 91.3 Å². The van der Waals surface area contributed by atoms with E-state index in [-0.39, 0.29) is 6.54 Å². The number of anilines is 1. The van der Waals surface area contributed by atoms with Crippen LogP contribution in [0.25, 0.3) is 0 Å². The quantitative estimate of drug-likeness (QED) is 0.137. The lowest BCUT2D eigenvalue weighted by Gasteiger charge is -2.39. The van der Waals surface area contributed by atoms with E-state index in [1.54, 1.807) is 0 Å². The van der Waals surface area contributed by atoms with Gasteiger partial charge < -0.3 is 14.4 Å². The van der Waals surface area contributed by atoms with E-state index in [1.165, 1.54) is 6.92 Å². The van der Waals surface area contributed by atoms with Gasteiger partial charge in [-0.1, -0.05) is 0 Å². The Bertz CT molecular complexity index is 1340. The Morgan fingerprint density at radius 3 is 0.907 bits per heavy atom. The fourth-order valence-electron chi connectivity index (χ4n) is 3.23. The van der Waals surface area contributed by atoms with E-state index in [1.807, 2.05) is 0 Å². The molecule has 0 atom stereocenters. The summed E-state index contributed by atoms with van der Waals surface area (Å²) in [7, 11) is 0.963. The summed E-state index contributed by atoms with van der Waals surface area (Å²) in [5.74, 6) is -78.7. The molecule has 0 aliphatic rings. The molecule has 1 aromatic heterocycles. The fraction of sp³-hybridized carbons (Fsp3) is 0.864. The summed E-state index contributed by atoms with van der Waals surface area (Å²) >= 11 is 0. The molecule has 0 fully saturated rings. The number of halogens is 26. The minimum Gasteiger partial charge on any atom is -0.463 e. The summed E-state index contributed by atoms with van der Waals surface area (Å²) in [6.45, 7) is -3.51. The molecule has 1 rings (SSSR count). The lowest BCUT2D eigenvalue weighted by molar-refractivity contribution is -0.440. The summed E-state index contributed by atoms with van der Waals surface area (Å²) in [5.41, 5.74) is 0. The maximum absolute atomic E-state index is 14.0. The van der Waals surface area contributed by atoms with Gasteiger partial charge in [-0.25, -0.2) is 0 Å². The van der Waals surface area contributed by atoms with Crippen LogP contribution in [0, 0.1) is 0 Å². The van der Waals surface area contributed by atoms with Gasteiger partial charge >= 0.3 is 83.6 Å². The van der Waals surface area contributed by atoms with Gasteiger partial charge in [0.1, 0.15) is 0 Å². The van der Waals surface area contributed by atoms with Crippen molar-refractivity contribution < 1.29 is 124 Å². The van der Waals surface area contributed by atoms with Crippen molar-refractivity contribution in [1.29, 1.82) is 0 Å². The normalized spacial score (nSPS) is 15.4. The molecule has 0 aliphatic heterocycles. The van der Waals surface area contributed by atoms with Crippen molar-refractivity contribution in [3.63, 3.8) is 0 Å². The Hall–Kier alpha value is -3.41. The fourth-order valence-corrected chi connectivity index (χ4v) is 3.23. The first-order valence-corrected chi connectivity index (χ1v) is 13.1. The summed E-state index contributed by atoms with van der Waals surface area (Å²) in [6.07, 6.45) is -21.4. The molecule has 0 unspecified atom stereocenters. The van der Waals surface area contributed by atoms with Crippen LogP contribution in [0.2, 0.25) is 0 Å². The van der Waals surface area contributed by atoms with Crippen LogP contribution >= 0.6 is 0 Å². The minimum absolute atomic E-state index is 0.269. The SMILES string of the molecule is CCN(C)c1nc(OCCC(F)(F)C(F)(F)C(F)(F)C(F)(F)C(F)(F)C(F)(F)F)nc(OCCC(F)(F)C(F)(F)C(F)(F)C(F)(F)C(F)(F)C(F)(F)F)n1. The second kappa shape index (κ2) is 14.3. The Morgan fingerprint density at radius 1 is 0.407 bits per heavy atom. The maximum Gasteiger partial charge on any atom is 0.460 e. The van der Waals surface area contributed by atoms with E-state index in [9.17, 15) is 114 Å². The number of alkyl halides is 26. The van der Waals surface area contributed by atoms with Gasteiger partial charge in [-0.15, -0.1) is 4.98 Å². The van der Waals surface area contributed by atoms with Gasteiger partial charge in [0.05, 0.1) is 26.1 Å². The number of rotatable bonds is 18. The topological polar surface area (TPSA) is 60.4 Å². The largest absolute Gasteiger partial charge is 0.463 e. The molecule has 0 aromatic carbocycles. The maximum atomic E-state index is 14.0. The Kier molecular flexibility index (Phi) is 12.8. The molecule has 0 bridgehead atoms. The number of nitrogens with zero attached hydrogens (tertiary/aromatic N) is 4. The molecule has 32 heteroatoms. The van der Waals surface area contributed by atoms with Crippen molar-refractivity contribution in [2.24, 2.45) is 0 Å².